The molecule has 2 saturated heterocycles. The van der Waals surface area contributed by atoms with Crippen LogP contribution >= 0.6 is 0 Å². The summed E-state index contributed by atoms with van der Waals surface area (Å²) >= 11 is 0. The van der Waals surface area contributed by atoms with Gasteiger partial charge in [-0.25, -0.2) is 0 Å². The number of carbonyl (C=O) groups excluding carboxylic acids is 2. The number of hydrogen-bond acceptors (Lipinski definition) is 8. The Labute approximate surface area is 227 Å². The summed E-state index contributed by atoms with van der Waals surface area (Å²) < 4.78 is 23.0. The molecule has 0 unspecified atom stereocenters. The summed E-state index contributed by atoms with van der Waals surface area (Å²) in [4.78, 5) is 28.0. The molecule has 4 atom stereocenters. The Morgan fingerprint density at radius 3 is 2.67 bits per heavy atom. The molecule has 0 bridgehead atoms. The number of hydrogen-bond donors (Lipinski definition) is 3. The lowest BCUT2D eigenvalue weighted by atomic mass is 9.84. The maximum atomic E-state index is 12.9. The molecule has 4 aliphatic heterocycles. The number of fused-ring (bicyclic) bond motifs is 4. The predicted molar refractivity (Wildman–Crippen MR) is 142 cm³/mol. The molecule has 10 heteroatoms. The number of amides is 2. The van der Waals surface area contributed by atoms with Gasteiger partial charge in [0.25, 0.3) is 5.91 Å². The molecule has 0 radical (unpaired) electrons. The van der Waals surface area contributed by atoms with E-state index in [9.17, 15) is 14.7 Å². The zero-order valence-corrected chi connectivity index (χ0v) is 21.9. The van der Waals surface area contributed by atoms with Crippen molar-refractivity contribution in [2.75, 3.05) is 44.9 Å². The van der Waals surface area contributed by atoms with Crippen LogP contribution in [0.4, 0.5) is 5.69 Å². The molecule has 2 aromatic carbocycles. The third kappa shape index (κ3) is 5.68. The van der Waals surface area contributed by atoms with Crippen molar-refractivity contribution in [2.45, 2.75) is 56.3 Å². The first-order chi connectivity index (χ1) is 19.1. The quantitative estimate of drug-likeness (QED) is 0.471. The van der Waals surface area contributed by atoms with E-state index in [0.717, 1.165) is 25.2 Å². The molecule has 208 valence electrons. The van der Waals surface area contributed by atoms with Gasteiger partial charge < -0.3 is 39.6 Å². The number of aliphatic hydroxyl groups excluding tert-OH is 1. The molecule has 39 heavy (non-hydrogen) atoms. The van der Waals surface area contributed by atoms with Gasteiger partial charge in [-0.1, -0.05) is 6.42 Å². The molecule has 0 aliphatic carbocycles. The van der Waals surface area contributed by atoms with Crippen LogP contribution in [0.15, 0.2) is 36.4 Å². The van der Waals surface area contributed by atoms with Gasteiger partial charge in [0, 0.05) is 35.8 Å². The summed E-state index contributed by atoms with van der Waals surface area (Å²) in [6.07, 6.45) is 3.35. The van der Waals surface area contributed by atoms with E-state index in [0.29, 0.717) is 41.5 Å². The standard InChI is InChI=1S/C29H35N3O7/c33-16-26-28-22(14-20(38-26)15-27(34)30-8-11-32-9-2-1-3-10-32)21-13-19(5-7-23(21)39-28)31-29(35)18-4-6-24-25(12-18)37-17-36-24/h4-7,12-13,20,22,26,28,33H,1-3,8-11,14-17H2,(H,30,34)(H,31,35)/t20-,22-,26+,28+/m0/s1. The third-order valence-electron chi connectivity index (χ3n) is 8.00. The molecule has 0 saturated carbocycles. The molecule has 0 aromatic heterocycles. The van der Waals surface area contributed by atoms with E-state index in [2.05, 4.69) is 15.5 Å². The lowest BCUT2D eigenvalue weighted by Gasteiger charge is -2.37. The summed E-state index contributed by atoms with van der Waals surface area (Å²) in [7, 11) is 0. The van der Waals surface area contributed by atoms with E-state index >= 15 is 0 Å². The van der Waals surface area contributed by atoms with Gasteiger partial charge in [0.15, 0.2) is 11.5 Å². The smallest absolute Gasteiger partial charge is 0.255 e. The Morgan fingerprint density at radius 1 is 1.00 bits per heavy atom. The largest absolute Gasteiger partial charge is 0.487 e. The minimum absolute atomic E-state index is 0.0453. The lowest BCUT2D eigenvalue weighted by Crippen LogP contribution is -2.47. The Hall–Kier alpha value is -3.34. The molecule has 2 aromatic rings. The molecule has 10 nitrogen and oxygen atoms in total. The summed E-state index contributed by atoms with van der Waals surface area (Å²) in [6, 6.07) is 10.6. The molecular formula is C29H35N3O7. The van der Waals surface area contributed by atoms with Crippen LogP contribution in [0.2, 0.25) is 0 Å². The topological polar surface area (TPSA) is 119 Å². The average Bonchev–Trinajstić information content (AvgIpc) is 3.57. The maximum absolute atomic E-state index is 12.9. The molecule has 2 amide bonds. The number of likely N-dealkylation sites (tertiary alicyclic amines) is 1. The number of anilines is 1. The molecule has 0 spiro atoms. The highest BCUT2D eigenvalue weighted by Gasteiger charge is 2.46. The van der Waals surface area contributed by atoms with Gasteiger partial charge in [0.2, 0.25) is 12.7 Å². The maximum Gasteiger partial charge on any atom is 0.255 e. The zero-order chi connectivity index (χ0) is 26.8. The lowest BCUT2D eigenvalue weighted by molar-refractivity contribution is -0.142. The number of nitrogens with one attached hydrogen (secondary N) is 2. The number of aliphatic hydroxyl groups is 1. The Morgan fingerprint density at radius 2 is 1.82 bits per heavy atom. The van der Waals surface area contributed by atoms with Gasteiger partial charge in [-0.2, -0.15) is 0 Å². The van der Waals surface area contributed by atoms with Crippen LogP contribution in [0.1, 0.15) is 53.9 Å². The average molecular weight is 538 g/mol. The Kier molecular flexibility index (Phi) is 7.58. The first-order valence-electron chi connectivity index (χ1n) is 13.8. The van der Waals surface area contributed by atoms with Gasteiger partial charge in [-0.05, 0) is 68.8 Å². The van der Waals surface area contributed by atoms with Crippen LogP contribution < -0.4 is 24.8 Å². The predicted octanol–water partition coefficient (Wildman–Crippen LogP) is 2.65. The normalized spacial score (nSPS) is 25.4. The van der Waals surface area contributed by atoms with Crippen LogP contribution in [-0.2, 0) is 9.53 Å². The minimum atomic E-state index is -0.533. The number of piperidine rings is 1. The highest BCUT2D eigenvalue weighted by atomic mass is 16.7. The molecule has 3 N–H and O–H groups in total. The summed E-state index contributed by atoms with van der Waals surface area (Å²) in [5.74, 6) is 1.51. The van der Waals surface area contributed by atoms with Crippen molar-refractivity contribution in [3.8, 4) is 17.2 Å². The third-order valence-corrected chi connectivity index (χ3v) is 8.00. The van der Waals surface area contributed by atoms with Gasteiger partial charge >= 0.3 is 0 Å². The second-order valence-electron chi connectivity index (χ2n) is 10.6. The van der Waals surface area contributed by atoms with Crippen molar-refractivity contribution in [3.63, 3.8) is 0 Å². The Balaban J connectivity index is 1.09. The minimum Gasteiger partial charge on any atom is -0.487 e. The van der Waals surface area contributed by atoms with Gasteiger partial charge in [0.05, 0.1) is 19.1 Å². The summed E-state index contributed by atoms with van der Waals surface area (Å²) in [5.41, 5.74) is 2.05. The highest BCUT2D eigenvalue weighted by molar-refractivity contribution is 6.04. The van der Waals surface area contributed by atoms with Crippen molar-refractivity contribution in [3.05, 3.63) is 47.5 Å². The van der Waals surface area contributed by atoms with Crippen molar-refractivity contribution < 1.29 is 33.6 Å². The SMILES string of the molecule is O=C(C[C@@H]1C[C@H]2c3cc(NC(=O)c4ccc5c(c4)OCO5)ccc3O[C@H]2[C@@H](CO)O1)NCCN1CCCCC1. The van der Waals surface area contributed by atoms with Gasteiger partial charge in [-0.15, -0.1) is 0 Å². The fourth-order valence-corrected chi connectivity index (χ4v) is 6.02. The monoisotopic (exact) mass is 537 g/mol. The van der Waals surface area contributed by atoms with Crippen LogP contribution in [-0.4, -0.2) is 79.7 Å². The van der Waals surface area contributed by atoms with E-state index < -0.39 is 6.10 Å². The van der Waals surface area contributed by atoms with Crippen LogP contribution in [0.25, 0.3) is 0 Å². The highest BCUT2D eigenvalue weighted by Crippen LogP contribution is 2.47. The molecule has 6 rings (SSSR count). The van der Waals surface area contributed by atoms with E-state index in [1.165, 1.54) is 19.3 Å². The zero-order valence-electron chi connectivity index (χ0n) is 21.9. The van der Waals surface area contributed by atoms with E-state index in [1.807, 2.05) is 12.1 Å². The molecular weight excluding hydrogens is 502 g/mol. The fraction of sp³-hybridized carbons (Fsp3) is 0.517. The van der Waals surface area contributed by atoms with E-state index in [1.54, 1.807) is 24.3 Å². The van der Waals surface area contributed by atoms with Crippen molar-refractivity contribution in [1.29, 1.82) is 0 Å². The van der Waals surface area contributed by atoms with Gasteiger partial charge in [-0.3, -0.25) is 9.59 Å². The van der Waals surface area contributed by atoms with Crippen LogP contribution in [0.3, 0.4) is 0 Å². The van der Waals surface area contributed by atoms with Crippen molar-refractivity contribution in [1.82, 2.24) is 10.2 Å². The first-order valence-corrected chi connectivity index (χ1v) is 13.8. The second kappa shape index (κ2) is 11.4. The van der Waals surface area contributed by atoms with E-state index in [4.69, 9.17) is 18.9 Å². The van der Waals surface area contributed by atoms with Gasteiger partial charge in [0.1, 0.15) is 18.0 Å². The van der Waals surface area contributed by atoms with Crippen LogP contribution in [0.5, 0.6) is 17.2 Å². The number of carbonyl (C=O) groups is 2. The van der Waals surface area contributed by atoms with Crippen molar-refractivity contribution >= 4 is 17.5 Å². The first kappa shape index (κ1) is 25.9. The molecule has 2 fully saturated rings. The molecule has 4 heterocycles. The molecule has 4 aliphatic rings. The number of ether oxygens (including phenoxy) is 4. The summed E-state index contributed by atoms with van der Waals surface area (Å²) in [6.45, 7) is 3.63. The van der Waals surface area contributed by atoms with Crippen molar-refractivity contribution in [2.24, 2.45) is 0 Å². The van der Waals surface area contributed by atoms with Crippen LogP contribution in [0, 0.1) is 0 Å². The number of nitrogens with zero attached hydrogens (tertiary/aromatic N) is 1. The number of benzene rings is 2. The Bertz CT molecular complexity index is 1220. The summed E-state index contributed by atoms with van der Waals surface area (Å²) in [5, 5.41) is 16.0. The number of rotatable bonds is 8. The fourth-order valence-electron chi connectivity index (χ4n) is 6.02. The second-order valence-corrected chi connectivity index (χ2v) is 10.6. The van der Waals surface area contributed by atoms with E-state index in [-0.39, 0.29) is 49.8 Å².